The number of sulfonamides is 1. The van der Waals surface area contributed by atoms with Crippen LogP contribution in [-0.4, -0.2) is 23.6 Å². The summed E-state index contributed by atoms with van der Waals surface area (Å²) in [6.07, 6.45) is 3.17. The van der Waals surface area contributed by atoms with Crippen molar-refractivity contribution in [2.45, 2.75) is 30.9 Å². The number of thiazole rings is 1. The quantitative estimate of drug-likeness (QED) is 0.879. The predicted molar refractivity (Wildman–Crippen MR) is 70.2 cm³/mol. The molecule has 98 valence electrons. The lowest BCUT2D eigenvalue weighted by Gasteiger charge is -2.00. The molecule has 0 unspecified atom stereocenters. The van der Waals surface area contributed by atoms with Crippen LogP contribution in [0.3, 0.4) is 0 Å². The van der Waals surface area contributed by atoms with E-state index in [0.29, 0.717) is 10.8 Å². The second-order valence-corrected chi connectivity index (χ2v) is 6.98. The molecule has 0 radical (unpaired) electrons. The predicted octanol–water partition coefficient (Wildman–Crippen LogP) is 1.93. The van der Waals surface area contributed by atoms with Crippen LogP contribution in [-0.2, 0) is 16.4 Å². The molecule has 0 saturated heterocycles. The first kappa shape index (κ1) is 13.0. The Morgan fingerprint density at radius 3 is 2.89 bits per heavy atom. The third-order valence-corrected chi connectivity index (χ3v) is 4.98. The average molecular weight is 286 g/mol. The monoisotopic (exact) mass is 286 g/mol. The summed E-state index contributed by atoms with van der Waals surface area (Å²) in [6, 6.07) is 1.70. The van der Waals surface area contributed by atoms with Crippen LogP contribution in [0.25, 0.3) is 0 Å². The zero-order valence-corrected chi connectivity index (χ0v) is 11.7. The van der Waals surface area contributed by atoms with E-state index in [1.807, 2.05) is 6.92 Å². The minimum atomic E-state index is -3.57. The van der Waals surface area contributed by atoms with Crippen molar-refractivity contribution >= 4 is 27.2 Å². The summed E-state index contributed by atoms with van der Waals surface area (Å²) in [7, 11) is -3.57. The van der Waals surface area contributed by atoms with Crippen molar-refractivity contribution in [1.82, 2.24) is 15.2 Å². The molecular weight excluding hydrogens is 272 g/mol. The smallest absolute Gasteiger partial charge is 0.274 e. The Kier molecular flexibility index (Phi) is 3.67. The highest BCUT2D eigenvalue weighted by atomic mass is 32.2. The van der Waals surface area contributed by atoms with Gasteiger partial charge < -0.3 is 0 Å². The number of aryl methyl sites for hydroxylation is 2. The van der Waals surface area contributed by atoms with Crippen LogP contribution in [0, 0.1) is 6.92 Å². The second-order valence-electron chi connectivity index (χ2n) is 3.83. The van der Waals surface area contributed by atoms with Crippen LogP contribution in [0.4, 0.5) is 5.82 Å². The van der Waals surface area contributed by atoms with Crippen molar-refractivity contribution in [3.63, 3.8) is 0 Å². The maximum Gasteiger partial charge on any atom is 0.274 e. The topological polar surface area (TPSA) is 87.7 Å². The van der Waals surface area contributed by atoms with Crippen LogP contribution in [0.1, 0.15) is 24.0 Å². The van der Waals surface area contributed by atoms with Gasteiger partial charge in [-0.2, -0.15) is 5.10 Å². The molecule has 2 heterocycles. The highest BCUT2D eigenvalue weighted by Gasteiger charge is 2.18. The maximum atomic E-state index is 12.0. The summed E-state index contributed by atoms with van der Waals surface area (Å²) in [5, 5.41) is 7.43. The number of nitrogens with one attached hydrogen (secondary N) is 2. The van der Waals surface area contributed by atoms with Crippen molar-refractivity contribution in [1.29, 1.82) is 0 Å². The Morgan fingerprint density at radius 2 is 2.28 bits per heavy atom. The molecule has 0 bridgehead atoms. The Hall–Kier alpha value is -1.41. The highest BCUT2D eigenvalue weighted by Crippen LogP contribution is 2.20. The molecule has 0 aliphatic rings. The van der Waals surface area contributed by atoms with Gasteiger partial charge in [0.1, 0.15) is 0 Å². The molecular formula is C10H14N4O2S2. The highest BCUT2D eigenvalue weighted by molar-refractivity contribution is 7.94. The van der Waals surface area contributed by atoms with E-state index < -0.39 is 10.0 Å². The van der Waals surface area contributed by atoms with Crippen LogP contribution in [0.15, 0.2) is 16.5 Å². The maximum absolute atomic E-state index is 12.0. The molecule has 0 aliphatic carbocycles. The minimum absolute atomic E-state index is 0.194. The number of hydrogen-bond acceptors (Lipinski definition) is 5. The number of nitrogens with zero attached hydrogens (tertiary/aromatic N) is 2. The molecule has 0 aromatic carbocycles. The third kappa shape index (κ3) is 2.88. The lowest BCUT2D eigenvalue weighted by atomic mass is 10.2. The summed E-state index contributed by atoms with van der Waals surface area (Å²) < 4.78 is 26.6. The molecule has 2 aromatic rings. The van der Waals surface area contributed by atoms with Gasteiger partial charge in [0.25, 0.3) is 10.0 Å². The van der Waals surface area contributed by atoms with Gasteiger partial charge in [0, 0.05) is 11.8 Å². The van der Waals surface area contributed by atoms with E-state index in [0.717, 1.165) is 29.9 Å². The van der Waals surface area contributed by atoms with E-state index >= 15 is 0 Å². The van der Waals surface area contributed by atoms with E-state index in [9.17, 15) is 8.42 Å². The zero-order chi connectivity index (χ0) is 13.2. The van der Waals surface area contributed by atoms with Gasteiger partial charge in [-0.15, -0.1) is 11.3 Å². The van der Waals surface area contributed by atoms with Crippen LogP contribution in [0.2, 0.25) is 0 Å². The Morgan fingerprint density at radius 1 is 1.50 bits per heavy atom. The first-order valence-corrected chi connectivity index (χ1v) is 7.81. The van der Waals surface area contributed by atoms with Gasteiger partial charge in [-0.05, 0) is 13.3 Å². The molecule has 0 saturated carbocycles. The molecule has 0 aliphatic heterocycles. The van der Waals surface area contributed by atoms with Gasteiger partial charge in [0.05, 0.1) is 11.2 Å². The van der Waals surface area contributed by atoms with Crippen molar-refractivity contribution in [2.24, 2.45) is 0 Å². The Bertz CT molecular complexity index is 630. The number of H-pyrrole nitrogens is 1. The summed E-state index contributed by atoms with van der Waals surface area (Å²) >= 11 is 1.13. The summed E-state index contributed by atoms with van der Waals surface area (Å²) in [5.41, 5.74) is 0.913. The average Bonchev–Trinajstić information content (AvgIpc) is 2.88. The van der Waals surface area contributed by atoms with Crippen LogP contribution in [0.5, 0.6) is 0 Å². The van der Waals surface area contributed by atoms with Crippen molar-refractivity contribution < 1.29 is 8.42 Å². The number of aromatic nitrogens is 3. The van der Waals surface area contributed by atoms with Gasteiger partial charge in [-0.3, -0.25) is 9.82 Å². The molecule has 2 aromatic heterocycles. The molecule has 2 N–H and O–H groups in total. The van der Waals surface area contributed by atoms with Crippen molar-refractivity contribution in [3.05, 3.63) is 23.0 Å². The molecule has 0 amide bonds. The first-order valence-electron chi connectivity index (χ1n) is 5.51. The van der Waals surface area contributed by atoms with Crippen LogP contribution < -0.4 is 4.72 Å². The standard InChI is InChI=1S/C10H14N4O2S2/c1-3-4-8-5-9(13-12-8)14-18(15,16)10-6-11-7(2)17-10/h5-6H,3-4H2,1-2H3,(H2,12,13,14). The van der Waals surface area contributed by atoms with E-state index in [1.54, 1.807) is 13.0 Å². The number of anilines is 1. The summed E-state index contributed by atoms with van der Waals surface area (Å²) in [6.45, 7) is 3.81. The van der Waals surface area contributed by atoms with Crippen LogP contribution >= 0.6 is 11.3 Å². The first-order chi connectivity index (χ1) is 8.51. The van der Waals surface area contributed by atoms with E-state index in [1.165, 1.54) is 6.20 Å². The summed E-state index contributed by atoms with van der Waals surface area (Å²) in [4.78, 5) is 3.93. The summed E-state index contributed by atoms with van der Waals surface area (Å²) in [5.74, 6) is 0.310. The molecule has 0 spiro atoms. The minimum Gasteiger partial charge on any atom is -0.280 e. The van der Waals surface area contributed by atoms with Gasteiger partial charge >= 0.3 is 0 Å². The normalized spacial score (nSPS) is 11.7. The van der Waals surface area contributed by atoms with Crippen molar-refractivity contribution in [3.8, 4) is 0 Å². The number of rotatable bonds is 5. The van der Waals surface area contributed by atoms with Gasteiger partial charge in [0.15, 0.2) is 10.0 Å². The molecule has 6 nitrogen and oxygen atoms in total. The largest absolute Gasteiger partial charge is 0.280 e. The fourth-order valence-electron chi connectivity index (χ4n) is 1.47. The Labute approximate surface area is 110 Å². The molecule has 18 heavy (non-hydrogen) atoms. The third-order valence-electron chi connectivity index (χ3n) is 2.25. The lowest BCUT2D eigenvalue weighted by molar-refractivity contribution is 0.602. The molecule has 0 atom stereocenters. The fourth-order valence-corrected chi connectivity index (χ4v) is 3.56. The SMILES string of the molecule is CCCc1cc(NS(=O)(=O)c2cnc(C)s2)n[nH]1. The van der Waals surface area contributed by atoms with Gasteiger partial charge in [-0.1, -0.05) is 13.3 Å². The second kappa shape index (κ2) is 5.07. The lowest BCUT2D eigenvalue weighted by Crippen LogP contribution is -2.11. The van der Waals surface area contributed by atoms with Gasteiger partial charge in [0.2, 0.25) is 0 Å². The molecule has 2 rings (SSSR count). The fraction of sp³-hybridized carbons (Fsp3) is 0.400. The number of aromatic amines is 1. The van der Waals surface area contributed by atoms with E-state index in [-0.39, 0.29) is 4.21 Å². The molecule has 8 heteroatoms. The zero-order valence-electron chi connectivity index (χ0n) is 10.1. The Balaban J connectivity index is 2.17. The number of hydrogen-bond donors (Lipinski definition) is 2. The van der Waals surface area contributed by atoms with E-state index in [2.05, 4.69) is 19.9 Å². The van der Waals surface area contributed by atoms with Gasteiger partial charge in [-0.25, -0.2) is 13.4 Å². The van der Waals surface area contributed by atoms with E-state index in [4.69, 9.17) is 0 Å². The molecule has 0 fully saturated rings. The van der Waals surface area contributed by atoms with Crippen molar-refractivity contribution in [2.75, 3.05) is 4.72 Å².